The van der Waals surface area contributed by atoms with Crippen molar-refractivity contribution in [3.8, 4) is 11.3 Å². The van der Waals surface area contributed by atoms with Crippen molar-refractivity contribution < 1.29 is 0 Å². The molecule has 0 spiro atoms. The van der Waals surface area contributed by atoms with Gasteiger partial charge in [-0.1, -0.05) is 60.7 Å². The maximum Gasteiger partial charge on any atom is 0.228 e. The predicted molar refractivity (Wildman–Crippen MR) is 118 cm³/mol. The third-order valence-electron chi connectivity index (χ3n) is 4.53. The van der Waals surface area contributed by atoms with Gasteiger partial charge in [0.15, 0.2) is 0 Å². The lowest BCUT2D eigenvalue weighted by Gasteiger charge is -2.22. The van der Waals surface area contributed by atoms with Crippen LogP contribution in [-0.4, -0.2) is 48.6 Å². The van der Waals surface area contributed by atoms with Crippen LogP contribution in [0.15, 0.2) is 66.7 Å². The maximum atomic E-state index is 4.88. The van der Waals surface area contributed by atoms with Gasteiger partial charge in [-0.2, -0.15) is 4.98 Å². The number of likely N-dealkylation sites (N-methyl/N-ethyl adjacent to an activating group) is 1. The Bertz CT molecular complexity index is 849. The zero-order valence-electron chi connectivity index (χ0n) is 17.0. The average molecular weight is 376 g/mol. The van der Waals surface area contributed by atoms with Crippen LogP contribution in [0.3, 0.4) is 0 Å². The molecule has 0 fully saturated rings. The van der Waals surface area contributed by atoms with Crippen molar-refractivity contribution >= 4 is 11.8 Å². The Labute approximate surface area is 168 Å². The maximum absolute atomic E-state index is 4.88. The average Bonchev–Trinajstić information content (AvgIpc) is 2.73. The molecular formula is C23H29N5. The van der Waals surface area contributed by atoms with Crippen LogP contribution in [0.1, 0.15) is 12.5 Å². The molecule has 28 heavy (non-hydrogen) atoms. The summed E-state index contributed by atoms with van der Waals surface area (Å²) < 4.78 is 0. The number of nitrogens with one attached hydrogen (secondary N) is 1. The van der Waals surface area contributed by atoms with E-state index in [-0.39, 0.29) is 0 Å². The molecule has 1 N–H and O–H groups in total. The van der Waals surface area contributed by atoms with Crippen molar-refractivity contribution in [3.63, 3.8) is 0 Å². The summed E-state index contributed by atoms with van der Waals surface area (Å²) in [4.78, 5) is 14.0. The number of benzene rings is 2. The summed E-state index contributed by atoms with van der Waals surface area (Å²) in [6, 6.07) is 22.8. The van der Waals surface area contributed by atoms with Crippen LogP contribution in [0, 0.1) is 0 Å². The van der Waals surface area contributed by atoms with Crippen molar-refractivity contribution in [3.05, 3.63) is 72.3 Å². The Morgan fingerprint density at radius 1 is 0.893 bits per heavy atom. The van der Waals surface area contributed by atoms with E-state index in [1.165, 1.54) is 5.56 Å². The van der Waals surface area contributed by atoms with E-state index in [2.05, 4.69) is 72.5 Å². The largest absolute Gasteiger partial charge is 0.369 e. The zero-order chi connectivity index (χ0) is 19.8. The first-order valence-electron chi connectivity index (χ1n) is 9.77. The molecule has 0 saturated carbocycles. The Balaban J connectivity index is 1.91. The molecule has 1 aromatic heterocycles. The van der Waals surface area contributed by atoms with E-state index >= 15 is 0 Å². The van der Waals surface area contributed by atoms with Crippen LogP contribution >= 0.6 is 0 Å². The van der Waals surface area contributed by atoms with E-state index in [9.17, 15) is 0 Å². The van der Waals surface area contributed by atoms with Crippen molar-refractivity contribution in [2.75, 3.05) is 43.9 Å². The third-order valence-corrected chi connectivity index (χ3v) is 4.53. The first-order valence-corrected chi connectivity index (χ1v) is 9.77. The van der Waals surface area contributed by atoms with Gasteiger partial charge in [-0.05, 0) is 26.6 Å². The van der Waals surface area contributed by atoms with Gasteiger partial charge >= 0.3 is 0 Å². The number of aromatic nitrogens is 2. The summed E-state index contributed by atoms with van der Waals surface area (Å²) in [5.41, 5.74) is 3.28. The van der Waals surface area contributed by atoms with Crippen LogP contribution < -0.4 is 10.2 Å². The minimum Gasteiger partial charge on any atom is -0.369 e. The summed E-state index contributed by atoms with van der Waals surface area (Å²) in [5, 5.41) is 3.45. The lowest BCUT2D eigenvalue weighted by molar-refractivity contribution is 0.425. The van der Waals surface area contributed by atoms with Crippen molar-refractivity contribution in [1.29, 1.82) is 0 Å². The first kappa shape index (κ1) is 19.8. The van der Waals surface area contributed by atoms with Crippen LogP contribution in [0.2, 0.25) is 0 Å². The molecule has 3 aromatic rings. The number of rotatable bonds is 9. The molecule has 5 heteroatoms. The van der Waals surface area contributed by atoms with E-state index in [0.29, 0.717) is 0 Å². The van der Waals surface area contributed by atoms with Crippen LogP contribution in [0.25, 0.3) is 11.3 Å². The molecule has 0 bridgehead atoms. The predicted octanol–water partition coefficient (Wildman–Crippen LogP) is 4.14. The molecule has 0 aliphatic carbocycles. The van der Waals surface area contributed by atoms with Crippen LogP contribution in [0.5, 0.6) is 0 Å². The third kappa shape index (κ3) is 5.54. The molecule has 0 atom stereocenters. The topological polar surface area (TPSA) is 44.3 Å². The van der Waals surface area contributed by atoms with Crippen molar-refractivity contribution in [2.45, 2.75) is 13.5 Å². The van der Waals surface area contributed by atoms with Gasteiger partial charge in [0.2, 0.25) is 5.95 Å². The molecular weight excluding hydrogens is 346 g/mol. The summed E-state index contributed by atoms with van der Waals surface area (Å²) in [6.07, 6.45) is 0. The van der Waals surface area contributed by atoms with Gasteiger partial charge in [0, 0.05) is 37.8 Å². The van der Waals surface area contributed by atoms with E-state index in [0.717, 1.165) is 49.2 Å². The Morgan fingerprint density at radius 3 is 2.21 bits per heavy atom. The van der Waals surface area contributed by atoms with Gasteiger partial charge in [-0.25, -0.2) is 4.98 Å². The van der Waals surface area contributed by atoms with Gasteiger partial charge in [0.25, 0.3) is 0 Å². The summed E-state index contributed by atoms with van der Waals surface area (Å²) in [5.74, 6) is 1.61. The number of anilines is 2. The Morgan fingerprint density at radius 2 is 1.57 bits per heavy atom. The fourth-order valence-electron chi connectivity index (χ4n) is 2.96. The second kappa shape index (κ2) is 9.85. The number of hydrogen-bond acceptors (Lipinski definition) is 5. The second-order valence-corrected chi connectivity index (χ2v) is 7.03. The van der Waals surface area contributed by atoms with Gasteiger partial charge in [0.05, 0.1) is 5.69 Å². The highest BCUT2D eigenvalue weighted by Crippen LogP contribution is 2.23. The summed E-state index contributed by atoms with van der Waals surface area (Å²) in [7, 11) is 4.14. The lowest BCUT2D eigenvalue weighted by Crippen LogP contribution is -2.25. The summed E-state index contributed by atoms with van der Waals surface area (Å²) >= 11 is 0. The minimum atomic E-state index is 0.750. The number of hydrogen-bond donors (Lipinski definition) is 1. The molecule has 0 saturated heterocycles. The molecule has 2 aromatic carbocycles. The van der Waals surface area contributed by atoms with Gasteiger partial charge < -0.3 is 15.1 Å². The highest BCUT2D eigenvalue weighted by atomic mass is 15.3. The fraction of sp³-hybridized carbons (Fsp3) is 0.304. The molecule has 5 nitrogen and oxygen atoms in total. The first-order chi connectivity index (χ1) is 13.7. The highest BCUT2D eigenvalue weighted by molar-refractivity contribution is 5.64. The molecule has 3 rings (SSSR count). The molecule has 0 aliphatic heterocycles. The SMILES string of the molecule is CCN(Cc1ccccc1)c1nc(NCCN(C)C)cc(-c2ccccc2)n1. The van der Waals surface area contributed by atoms with Crippen molar-refractivity contribution in [1.82, 2.24) is 14.9 Å². The normalized spacial score (nSPS) is 10.9. The minimum absolute atomic E-state index is 0.750. The molecule has 1 heterocycles. The quantitative estimate of drug-likeness (QED) is 0.609. The molecule has 146 valence electrons. The standard InChI is InChI=1S/C23H29N5/c1-4-28(18-19-11-7-5-8-12-19)23-25-21(20-13-9-6-10-14-20)17-22(26-23)24-15-16-27(2)3/h5-14,17H,4,15-16,18H2,1-3H3,(H,24,25,26). The van der Waals surface area contributed by atoms with E-state index in [1.54, 1.807) is 0 Å². The van der Waals surface area contributed by atoms with Crippen LogP contribution in [0.4, 0.5) is 11.8 Å². The van der Waals surface area contributed by atoms with Gasteiger partial charge in [-0.15, -0.1) is 0 Å². The van der Waals surface area contributed by atoms with Gasteiger partial charge in [0.1, 0.15) is 5.82 Å². The Hall–Kier alpha value is -2.92. The van der Waals surface area contributed by atoms with E-state index in [1.807, 2.05) is 30.3 Å². The van der Waals surface area contributed by atoms with E-state index in [4.69, 9.17) is 9.97 Å². The molecule has 0 aliphatic rings. The van der Waals surface area contributed by atoms with E-state index < -0.39 is 0 Å². The highest BCUT2D eigenvalue weighted by Gasteiger charge is 2.13. The van der Waals surface area contributed by atoms with Gasteiger partial charge in [-0.3, -0.25) is 0 Å². The van der Waals surface area contributed by atoms with Crippen LogP contribution in [-0.2, 0) is 6.54 Å². The molecule has 0 amide bonds. The lowest BCUT2D eigenvalue weighted by atomic mass is 10.1. The number of nitrogens with zero attached hydrogens (tertiary/aromatic N) is 4. The molecule has 0 radical (unpaired) electrons. The zero-order valence-corrected chi connectivity index (χ0v) is 17.0. The molecule has 0 unspecified atom stereocenters. The Kier molecular flexibility index (Phi) is 6.98. The fourth-order valence-corrected chi connectivity index (χ4v) is 2.96. The smallest absolute Gasteiger partial charge is 0.228 e. The summed E-state index contributed by atoms with van der Waals surface area (Å²) in [6.45, 7) is 5.54. The van der Waals surface area contributed by atoms with Crippen molar-refractivity contribution in [2.24, 2.45) is 0 Å². The second-order valence-electron chi connectivity index (χ2n) is 7.03. The monoisotopic (exact) mass is 375 g/mol.